The summed E-state index contributed by atoms with van der Waals surface area (Å²) >= 11 is 0. The van der Waals surface area contributed by atoms with Gasteiger partial charge in [0.05, 0.1) is 20.3 Å². The molecule has 0 aliphatic carbocycles. The predicted molar refractivity (Wildman–Crippen MR) is 81.7 cm³/mol. The van der Waals surface area contributed by atoms with Crippen LogP contribution in [0.4, 0.5) is 0 Å². The highest BCUT2D eigenvalue weighted by Gasteiger charge is 2.23. The molecule has 0 saturated carbocycles. The van der Waals surface area contributed by atoms with Crippen LogP contribution in [-0.4, -0.2) is 44.2 Å². The quantitative estimate of drug-likeness (QED) is 0.869. The molecule has 0 radical (unpaired) electrons. The van der Waals surface area contributed by atoms with Crippen LogP contribution in [0.3, 0.4) is 0 Å². The van der Waals surface area contributed by atoms with E-state index in [1.807, 2.05) is 30.0 Å². The fraction of sp³-hybridized carbons (Fsp3) is 0.562. The average molecular weight is 292 g/mol. The molecule has 1 N–H and O–H groups in total. The number of amides is 1. The Morgan fingerprint density at radius 3 is 2.62 bits per heavy atom. The lowest BCUT2D eigenvalue weighted by molar-refractivity contribution is -0.131. The molecule has 0 spiro atoms. The molecule has 1 fully saturated rings. The lowest BCUT2D eigenvalue weighted by Gasteiger charge is -2.21. The molecule has 116 valence electrons. The highest BCUT2D eigenvalue weighted by molar-refractivity contribution is 5.81. The number of carbonyl (C=O) groups excluding carboxylic acids is 1. The van der Waals surface area contributed by atoms with Gasteiger partial charge in [-0.3, -0.25) is 4.79 Å². The number of ether oxygens (including phenoxy) is 2. The number of nitrogens with zero attached hydrogens (tertiary/aromatic N) is 1. The first-order valence-corrected chi connectivity index (χ1v) is 7.39. The summed E-state index contributed by atoms with van der Waals surface area (Å²) in [6, 6.07) is 5.56. The third kappa shape index (κ3) is 3.67. The van der Waals surface area contributed by atoms with Gasteiger partial charge in [0.25, 0.3) is 0 Å². The van der Waals surface area contributed by atoms with Crippen LogP contribution in [0, 0.1) is 0 Å². The van der Waals surface area contributed by atoms with Crippen molar-refractivity contribution in [2.24, 2.45) is 0 Å². The molecule has 1 atom stereocenters. The van der Waals surface area contributed by atoms with Gasteiger partial charge in [-0.05, 0) is 25.8 Å². The highest BCUT2D eigenvalue weighted by Crippen LogP contribution is 2.30. The van der Waals surface area contributed by atoms with Gasteiger partial charge in [0.15, 0.2) is 11.5 Å². The van der Waals surface area contributed by atoms with Crippen molar-refractivity contribution in [2.75, 3.05) is 27.3 Å². The van der Waals surface area contributed by atoms with E-state index in [1.54, 1.807) is 14.2 Å². The van der Waals surface area contributed by atoms with Crippen LogP contribution in [0.1, 0.15) is 25.3 Å². The number of benzene rings is 1. The second-order valence-corrected chi connectivity index (χ2v) is 5.29. The van der Waals surface area contributed by atoms with Crippen LogP contribution in [0.5, 0.6) is 11.5 Å². The molecule has 5 nitrogen and oxygen atoms in total. The molecule has 0 aromatic heterocycles. The van der Waals surface area contributed by atoms with E-state index in [-0.39, 0.29) is 11.9 Å². The maximum absolute atomic E-state index is 12.3. The van der Waals surface area contributed by atoms with Crippen molar-refractivity contribution in [1.29, 1.82) is 0 Å². The van der Waals surface area contributed by atoms with Gasteiger partial charge in [-0.2, -0.15) is 0 Å². The molecule has 1 aliphatic rings. The smallest absolute Gasteiger partial charge is 0.239 e. The molecule has 1 aromatic carbocycles. The summed E-state index contributed by atoms with van der Waals surface area (Å²) in [6.07, 6.45) is 2.23. The van der Waals surface area contributed by atoms with Crippen molar-refractivity contribution in [3.05, 3.63) is 23.8 Å². The number of rotatable bonds is 6. The number of para-hydroxylation sites is 1. The Labute approximate surface area is 126 Å². The Bertz CT molecular complexity index is 484. The van der Waals surface area contributed by atoms with Crippen molar-refractivity contribution in [3.8, 4) is 11.5 Å². The molecule has 21 heavy (non-hydrogen) atoms. The predicted octanol–water partition coefficient (Wildman–Crippen LogP) is 1.80. The summed E-state index contributed by atoms with van der Waals surface area (Å²) in [6.45, 7) is 4.25. The van der Waals surface area contributed by atoms with E-state index in [9.17, 15) is 4.79 Å². The second-order valence-electron chi connectivity index (χ2n) is 5.29. The van der Waals surface area contributed by atoms with Gasteiger partial charge in [-0.15, -0.1) is 0 Å². The Morgan fingerprint density at radius 2 is 2.00 bits per heavy atom. The van der Waals surface area contributed by atoms with Gasteiger partial charge in [0.2, 0.25) is 5.91 Å². The van der Waals surface area contributed by atoms with Crippen LogP contribution in [-0.2, 0) is 11.3 Å². The van der Waals surface area contributed by atoms with Crippen LogP contribution >= 0.6 is 0 Å². The molecule has 1 saturated heterocycles. The normalized spacial score (nSPS) is 15.9. The Balaban J connectivity index is 1.97. The maximum atomic E-state index is 12.3. The second kappa shape index (κ2) is 7.31. The van der Waals surface area contributed by atoms with Crippen molar-refractivity contribution in [3.63, 3.8) is 0 Å². The van der Waals surface area contributed by atoms with Gasteiger partial charge in [-0.25, -0.2) is 0 Å². The van der Waals surface area contributed by atoms with Crippen LogP contribution in [0.25, 0.3) is 0 Å². The zero-order chi connectivity index (χ0) is 15.2. The summed E-state index contributed by atoms with van der Waals surface area (Å²) in [5, 5.41) is 3.27. The van der Waals surface area contributed by atoms with Crippen molar-refractivity contribution in [1.82, 2.24) is 10.2 Å². The monoisotopic (exact) mass is 292 g/mol. The fourth-order valence-corrected chi connectivity index (χ4v) is 2.65. The van der Waals surface area contributed by atoms with Crippen LogP contribution in [0.2, 0.25) is 0 Å². The van der Waals surface area contributed by atoms with Gasteiger partial charge >= 0.3 is 0 Å². The van der Waals surface area contributed by atoms with E-state index >= 15 is 0 Å². The summed E-state index contributed by atoms with van der Waals surface area (Å²) < 4.78 is 10.7. The number of methoxy groups -OCH3 is 2. The van der Waals surface area contributed by atoms with Gasteiger partial charge in [0.1, 0.15) is 0 Å². The number of nitrogens with one attached hydrogen (secondary N) is 1. The van der Waals surface area contributed by atoms with Crippen molar-refractivity contribution >= 4 is 5.91 Å². The molecule has 2 rings (SSSR count). The molecule has 5 heteroatoms. The average Bonchev–Trinajstić information content (AvgIpc) is 3.05. The van der Waals surface area contributed by atoms with Crippen molar-refractivity contribution < 1.29 is 14.3 Å². The highest BCUT2D eigenvalue weighted by atomic mass is 16.5. The molecule has 1 heterocycles. The minimum Gasteiger partial charge on any atom is -0.493 e. The molecule has 1 amide bonds. The number of likely N-dealkylation sites (tertiary alicyclic amines) is 1. The van der Waals surface area contributed by atoms with Crippen LogP contribution < -0.4 is 14.8 Å². The van der Waals surface area contributed by atoms with E-state index in [0.29, 0.717) is 18.0 Å². The van der Waals surface area contributed by atoms with E-state index in [4.69, 9.17) is 9.47 Å². The third-order valence-corrected chi connectivity index (χ3v) is 3.87. The Hall–Kier alpha value is -1.75. The third-order valence-electron chi connectivity index (χ3n) is 3.87. The van der Waals surface area contributed by atoms with Gasteiger partial charge < -0.3 is 19.7 Å². The van der Waals surface area contributed by atoms with Gasteiger partial charge in [0, 0.05) is 25.2 Å². The fourth-order valence-electron chi connectivity index (χ4n) is 2.65. The number of hydrogen-bond acceptors (Lipinski definition) is 4. The molecule has 0 bridgehead atoms. The standard InChI is InChI=1S/C16H24N2O3/c1-12(16(19)18-9-4-5-10-18)17-11-13-7-6-8-14(20-2)15(13)21-3/h6-8,12,17H,4-5,9-11H2,1-3H3. The SMILES string of the molecule is COc1cccc(CNC(C)C(=O)N2CCCC2)c1OC. The molecule has 1 unspecified atom stereocenters. The topological polar surface area (TPSA) is 50.8 Å². The van der Waals surface area contributed by atoms with E-state index in [1.165, 1.54) is 0 Å². The van der Waals surface area contributed by atoms with Gasteiger partial charge in [-0.1, -0.05) is 12.1 Å². The number of hydrogen-bond donors (Lipinski definition) is 1. The number of carbonyl (C=O) groups is 1. The zero-order valence-electron chi connectivity index (χ0n) is 13.0. The van der Waals surface area contributed by atoms with E-state index in [2.05, 4.69) is 5.32 Å². The first-order chi connectivity index (χ1) is 10.2. The Kier molecular flexibility index (Phi) is 5.44. The summed E-state index contributed by atoms with van der Waals surface area (Å²) in [4.78, 5) is 14.2. The first-order valence-electron chi connectivity index (χ1n) is 7.39. The largest absolute Gasteiger partial charge is 0.493 e. The summed E-state index contributed by atoms with van der Waals surface area (Å²) in [5.41, 5.74) is 0.984. The molecule has 1 aromatic rings. The van der Waals surface area contributed by atoms with Crippen LogP contribution in [0.15, 0.2) is 18.2 Å². The van der Waals surface area contributed by atoms with E-state index < -0.39 is 0 Å². The first kappa shape index (κ1) is 15.6. The Morgan fingerprint density at radius 1 is 1.29 bits per heavy atom. The minimum absolute atomic E-state index is 0.175. The molecule has 1 aliphatic heterocycles. The molecular formula is C16H24N2O3. The lowest BCUT2D eigenvalue weighted by Crippen LogP contribution is -2.43. The summed E-state index contributed by atoms with van der Waals surface area (Å²) in [5.74, 6) is 1.60. The van der Waals surface area contributed by atoms with E-state index in [0.717, 1.165) is 31.5 Å². The zero-order valence-corrected chi connectivity index (χ0v) is 13.0. The van der Waals surface area contributed by atoms with Crippen molar-refractivity contribution in [2.45, 2.75) is 32.4 Å². The lowest BCUT2D eigenvalue weighted by atomic mass is 10.1. The minimum atomic E-state index is -0.195. The summed E-state index contributed by atoms with van der Waals surface area (Å²) in [7, 11) is 3.24. The maximum Gasteiger partial charge on any atom is 0.239 e. The molecular weight excluding hydrogens is 268 g/mol.